The summed E-state index contributed by atoms with van der Waals surface area (Å²) >= 11 is 0. The largest absolute Gasteiger partial charge is 0.393 e. The van der Waals surface area contributed by atoms with Crippen molar-refractivity contribution in [2.45, 2.75) is 90.3 Å². The summed E-state index contributed by atoms with van der Waals surface area (Å²) in [4.78, 5) is 14.0. The molecule has 1 aliphatic carbocycles. The van der Waals surface area contributed by atoms with Crippen molar-refractivity contribution in [3.8, 4) is 0 Å². The third-order valence-corrected chi connectivity index (χ3v) is 8.31. The number of hydrogen-bond acceptors (Lipinski definition) is 8. The van der Waals surface area contributed by atoms with Crippen LogP contribution < -0.4 is 14.9 Å². The van der Waals surface area contributed by atoms with E-state index in [1.54, 1.807) is 6.33 Å². The van der Waals surface area contributed by atoms with E-state index in [2.05, 4.69) is 22.5 Å². The highest BCUT2D eigenvalue weighted by Crippen LogP contribution is 2.28. The summed E-state index contributed by atoms with van der Waals surface area (Å²) in [6.45, 7) is 5.42. The van der Waals surface area contributed by atoms with Crippen LogP contribution in [0.3, 0.4) is 0 Å². The lowest BCUT2D eigenvalue weighted by Crippen LogP contribution is -2.30. The van der Waals surface area contributed by atoms with Crippen molar-refractivity contribution in [1.29, 1.82) is 0 Å². The zero-order valence-corrected chi connectivity index (χ0v) is 23.5. The van der Waals surface area contributed by atoms with Crippen molar-refractivity contribution in [2.75, 3.05) is 27.7 Å². The molecule has 1 fully saturated rings. The highest BCUT2D eigenvalue weighted by atomic mass is 32.2. The normalized spacial score (nSPS) is 18.0. The standard InChI is InChI=1S/C27H41N7O3S/c1-4-6-7-8-9-18-34(38(3,36)37)22-14-10-20(11-15-22)29-25-24-26(33(5-2)19-28-24)32-27(31-25)30-21-12-16-23(35)17-13-21/h10-11,14-15,19,21,23,35H,4-9,12-13,16-18H2,1-3H3,(H2,29,30,31,32). The molecule has 11 heteroatoms. The lowest BCUT2D eigenvalue weighted by atomic mass is 9.93. The van der Waals surface area contributed by atoms with Gasteiger partial charge in [0.05, 0.1) is 24.4 Å². The van der Waals surface area contributed by atoms with Gasteiger partial charge in [0.15, 0.2) is 17.0 Å². The molecule has 0 amide bonds. The van der Waals surface area contributed by atoms with Gasteiger partial charge in [-0.25, -0.2) is 13.4 Å². The van der Waals surface area contributed by atoms with E-state index in [0.717, 1.165) is 69.2 Å². The number of imidazole rings is 1. The molecule has 2 aromatic heterocycles. The number of aryl methyl sites for hydroxylation is 1. The molecular weight excluding hydrogens is 502 g/mol. The zero-order chi connectivity index (χ0) is 27.1. The summed E-state index contributed by atoms with van der Waals surface area (Å²) in [5, 5.41) is 16.6. The SMILES string of the molecule is CCCCCCCN(c1ccc(Nc2nc(NC3CCC(O)CC3)nc3c2ncn3CC)cc1)S(C)(=O)=O. The Kier molecular flexibility index (Phi) is 9.43. The Morgan fingerprint density at radius 2 is 1.74 bits per heavy atom. The topological polar surface area (TPSA) is 125 Å². The van der Waals surface area contributed by atoms with Crippen molar-refractivity contribution >= 4 is 44.3 Å². The van der Waals surface area contributed by atoms with Gasteiger partial charge in [-0.3, -0.25) is 4.31 Å². The van der Waals surface area contributed by atoms with E-state index in [1.807, 2.05) is 35.8 Å². The van der Waals surface area contributed by atoms with E-state index in [4.69, 9.17) is 9.97 Å². The Bertz CT molecular complexity index is 1290. The Balaban J connectivity index is 1.53. The lowest BCUT2D eigenvalue weighted by molar-refractivity contribution is 0.126. The summed E-state index contributed by atoms with van der Waals surface area (Å²) in [5.74, 6) is 1.11. The Morgan fingerprint density at radius 1 is 1.03 bits per heavy atom. The van der Waals surface area contributed by atoms with Gasteiger partial charge < -0.3 is 20.3 Å². The van der Waals surface area contributed by atoms with Gasteiger partial charge >= 0.3 is 0 Å². The molecule has 1 saturated carbocycles. The fourth-order valence-corrected chi connectivity index (χ4v) is 5.89. The maximum absolute atomic E-state index is 12.5. The molecule has 208 valence electrons. The van der Waals surface area contributed by atoms with Crippen molar-refractivity contribution in [3.63, 3.8) is 0 Å². The maximum atomic E-state index is 12.5. The summed E-state index contributed by atoms with van der Waals surface area (Å²) < 4.78 is 28.4. The quantitative estimate of drug-likeness (QED) is 0.256. The highest BCUT2D eigenvalue weighted by Gasteiger charge is 2.22. The van der Waals surface area contributed by atoms with Gasteiger partial charge in [0.25, 0.3) is 0 Å². The zero-order valence-electron chi connectivity index (χ0n) is 22.7. The van der Waals surface area contributed by atoms with Crippen LogP contribution in [0.25, 0.3) is 11.2 Å². The van der Waals surface area contributed by atoms with E-state index in [-0.39, 0.29) is 12.1 Å². The van der Waals surface area contributed by atoms with Gasteiger partial charge in [-0.1, -0.05) is 32.6 Å². The summed E-state index contributed by atoms with van der Waals surface area (Å²) in [7, 11) is -3.38. The number of benzene rings is 1. The summed E-state index contributed by atoms with van der Waals surface area (Å²) in [6.07, 6.45) is 11.4. The molecule has 38 heavy (non-hydrogen) atoms. The number of sulfonamides is 1. The predicted molar refractivity (Wildman–Crippen MR) is 154 cm³/mol. The molecule has 3 N–H and O–H groups in total. The Morgan fingerprint density at radius 3 is 2.39 bits per heavy atom. The number of aromatic nitrogens is 4. The minimum Gasteiger partial charge on any atom is -0.393 e. The molecule has 3 aromatic rings. The van der Waals surface area contributed by atoms with Crippen LogP contribution in [0.4, 0.5) is 23.1 Å². The molecule has 0 bridgehead atoms. The number of aliphatic hydroxyl groups excluding tert-OH is 1. The van der Waals surface area contributed by atoms with Crippen LogP contribution in [0.1, 0.15) is 71.6 Å². The van der Waals surface area contributed by atoms with E-state index in [0.29, 0.717) is 29.5 Å². The van der Waals surface area contributed by atoms with Crippen LogP contribution in [0.2, 0.25) is 0 Å². The van der Waals surface area contributed by atoms with E-state index >= 15 is 0 Å². The van der Waals surface area contributed by atoms with Crippen molar-refractivity contribution in [2.24, 2.45) is 0 Å². The molecule has 0 spiro atoms. The second kappa shape index (κ2) is 12.8. The first-order valence-electron chi connectivity index (χ1n) is 13.8. The Hall–Kier alpha value is -2.92. The van der Waals surface area contributed by atoms with E-state index in [9.17, 15) is 13.5 Å². The molecule has 2 heterocycles. The number of aliphatic hydroxyl groups is 1. The van der Waals surface area contributed by atoms with Crippen molar-refractivity contribution in [1.82, 2.24) is 19.5 Å². The molecule has 10 nitrogen and oxygen atoms in total. The van der Waals surface area contributed by atoms with Crippen LogP contribution in [-0.2, 0) is 16.6 Å². The minimum atomic E-state index is -3.38. The number of fused-ring (bicyclic) bond motifs is 1. The first-order chi connectivity index (χ1) is 18.3. The first kappa shape index (κ1) is 28.1. The molecule has 1 aliphatic rings. The molecule has 0 saturated heterocycles. The lowest BCUT2D eigenvalue weighted by Gasteiger charge is -2.26. The molecular formula is C27H41N7O3S. The van der Waals surface area contributed by atoms with Gasteiger partial charge in [-0.15, -0.1) is 0 Å². The van der Waals surface area contributed by atoms with Crippen LogP contribution in [-0.4, -0.2) is 58.0 Å². The molecule has 4 rings (SSSR count). The highest BCUT2D eigenvalue weighted by molar-refractivity contribution is 7.92. The van der Waals surface area contributed by atoms with Crippen LogP contribution in [0, 0.1) is 0 Å². The molecule has 0 aliphatic heterocycles. The summed E-state index contributed by atoms with van der Waals surface area (Å²) in [6, 6.07) is 7.59. The smallest absolute Gasteiger partial charge is 0.232 e. The second-order valence-electron chi connectivity index (χ2n) is 10.2. The number of nitrogens with zero attached hydrogens (tertiary/aromatic N) is 5. The van der Waals surface area contributed by atoms with Gasteiger partial charge in [0, 0.05) is 24.8 Å². The molecule has 0 radical (unpaired) electrons. The van der Waals surface area contributed by atoms with Gasteiger partial charge in [-0.2, -0.15) is 9.97 Å². The minimum absolute atomic E-state index is 0.213. The molecule has 0 unspecified atom stereocenters. The third kappa shape index (κ3) is 7.13. The fourth-order valence-electron chi connectivity index (χ4n) is 4.92. The predicted octanol–water partition coefficient (Wildman–Crippen LogP) is 5.04. The molecule has 0 atom stereocenters. The monoisotopic (exact) mass is 543 g/mol. The number of unbranched alkanes of at least 4 members (excludes halogenated alkanes) is 4. The average molecular weight is 544 g/mol. The number of anilines is 4. The molecule has 1 aromatic carbocycles. The van der Waals surface area contributed by atoms with Crippen LogP contribution in [0.5, 0.6) is 0 Å². The van der Waals surface area contributed by atoms with Crippen LogP contribution >= 0.6 is 0 Å². The average Bonchev–Trinajstić information content (AvgIpc) is 3.31. The van der Waals surface area contributed by atoms with Gasteiger partial charge in [-0.05, 0) is 63.3 Å². The fraction of sp³-hybridized carbons (Fsp3) is 0.593. The summed E-state index contributed by atoms with van der Waals surface area (Å²) in [5.41, 5.74) is 2.85. The van der Waals surface area contributed by atoms with Gasteiger partial charge in [0.1, 0.15) is 0 Å². The second-order valence-corrected chi connectivity index (χ2v) is 12.1. The Labute approximate surface area is 225 Å². The van der Waals surface area contributed by atoms with Crippen molar-refractivity contribution < 1.29 is 13.5 Å². The maximum Gasteiger partial charge on any atom is 0.232 e. The third-order valence-electron chi connectivity index (χ3n) is 7.12. The van der Waals surface area contributed by atoms with Crippen molar-refractivity contribution in [3.05, 3.63) is 30.6 Å². The van der Waals surface area contributed by atoms with Gasteiger partial charge in [0.2, 0.25) is 16.0 Å². The number of rotatable bonds is 13. The van der Waals surface area contributed by atoms with E-state index in [1.165, 1.54) is 17.0 Å². The number of hydrogen-bond donors (Lipinski definition) is 3. The van der Waals surface area contributed by atoms with E-state index < -0.39 is 10.0 Å². The van der Waals surface area contributed by atoms with Crippen LogP contribution in [0.15, 0.2) is 30.6 Å². The first-order valence-corrected chi connectivity index (χ1v) is 15.7. The number of nitrogens with one attached hydrogen (secondary N) is 2.